The van der Waals surface area contributed by atoms with Crippen molar-refractivity contribution in [1.29, 1.82) is 0 Å². The van der Waals surface area contributed by atoms with Crippen LogP contribution in [0.2, 0.25) is 0 Å². The van der Waals surface area contributed by atoms with Gasteiger partial charge in [-0.1, -0.05) is 32.1 Å². The molecule has 1 aliphatic carbocycles. The molecule has 3 aliphatic rings. The summed E-state index contributed by atoms with van der Waals surface area (Å²) < 4.78 is 0. The molecular formula is C17H32N2O. The largest absolute Gasteiger partial charge is 0.391 e. The molecule has 1 saturated carbocycles. The van der Waals surface area contributed by atoms with Gasteiger partial charge < -0.3 is 5.11 Å². The van der Waals surface area contributed by atoms with Crippen LogP contribution in [0.1, 0.15) is 64.2 Å². The highest BCUT2D eigenvalue weighted by atomic mass is 16.3. The molecule has 3 fully saturated rings. The first-order valence-electron chi connectivity index (χ1n) is 9.01. The van der Waals surface area contributed by atoms with Crippen LogP contribution in [0.25, 0.3) is 0 Å². The molecule has 0 bridgehead atoms. The fourth-order valence-electron chi connectivity index (χ4n) is 4.52. The zero-order valence-electron chi connectivity index (χ0n) is 13.0. The van der Waals surface area contributed by atoms with E-state index in [1.807, 2.05) is 0 Å². The van der Waals surface area contributed by atoms with Crippen LogP contribution >= 0.6 is 0 Å². The topological polar surface area (TPSA) is 26.7 Å². The molecule has 116 valence electrons. The first kappa shape index (κ1) is 14.8. The Hall–Kier alpha value is -0.120. The lowest BCUT2D eigenvalue weighted by atomic mass is 9.93. The Labute approximate surface area is 124 Å². The minimum Gasteiger partial charge on any atom is -0.391 e. The van der Waals surface area contributed by atoms with Gasteiger partial charge in [-0.15, -0.1) is 0 Å². The number of piperidine rings is 1. The van der Waals surface area contributed by atoms with Gasteiger partial charge in [-0.3, -0.25) is 9.80 Å². The van der Waals surface area contributed by atoms with Crippen LogP contribution in [-0.2, 0) is 0 Å². The molecule has 0 aromatic rings. The summed E-state index contributed by atoms with van der Waals surface area (Å²) in [4.78, 5) is 5.34. The molecule has 0 aromatic carbocycles. The molecular weight excluding hydrogens is 248 g/mol. The molecule has 0 amide bonds. The van der Waals surface area contributed by atoms with Gasteiger partial charge in [0.05, 0.1) is 6.10 Å². The van der Waals surface area contributed by atoms with E-state index in [2.05, 4.69) is 9.80 Å². The van der Waals surface area contributed by atoms with Crippen molar-refractivity contribution in [3.63, 3.8) is 0 Å². The second kappa shape index (κ2) is 7.24. The number of aliphatic hydroxyl groups is 1. The van der Waals surface area contributed by atoms with E-state index in [0.29, 0.717) is 6.04 Å². The van der Waals surface area contributed by atoms with Gasteiger partial charge in [0.2, 0.25) is 0 Å². The summed E-state index contributed by atoms with van der Waals surface area (Å²) in [5.74, 6) is 0. The molecule has 1 N–H and O–H groups in total. The van der Waals surface area contributed by atoms with E-state index in [4.69, 9.17) is 0 Å². The summed E-state index contributed by atoms with van der Waals surface area (Å²) in [6.45, 7) is 5.04. The van der Waals surface area contributed by atoms with Crippen molar-refractivity contribution in [2.45, 2.75) is 82.4 Å². The van der Waals surface area contributed by atoms with E-state index in [1.54, 1.807) is 0 Å². The van der Waals surface area contributed by atoms with Crippen LogP contribution in [0, 0.1) is 0 Å². The van der Waals surface area contributed by atoms with Crippen molar-refractivity contribution in [1.82, 2.24) is 9.80 Å². The lowest BCUT2D eigenvalue weighted by molar-refractivity contribution is 0.0380. The fraction of sp³-hybridized carbons (Fsp3) is 1.00. The summed E-state index contributed by atoms with van der Waals surface area (Å²) in [6, 6.07) is 1.22. The smallest absolute Gasteiger partial charge is 0.0695 e. The molecule has 3 atom stereocenters. The molecule has 0 spiro atoms. The van der Waals surface area contributed by atoms with Gasteiger partial charge in [0.25, 0.3) is 0 Å². The number of likely N-dealkylation sites (tertiary alicyclic amines) is 2. The van der Waals surface area contributed by atoms with Gasteiger partial charge >= 0.3 is 0 Å². The Morgan fingerprint density at radius 2 is 1.35 bits per heavy atom. The molecule has 0 aromatic heterocycles. The van der Waals surface area contributed by atoms with Gasteiger partial charge in [-0.05, 0) is 45.2 Å². The molecule has 2 saturated heterocycles. The molecule has 3 unspecified atom stereocenters. The number of rotatable bonds is 2. The van der Waals surface area contributed by atoms with Crippen molar-refractivity contribution in [2.75, 3.05) is 26.2 Å². The molecule has 3 nitrogen and oxygen atoms in total. The van der Waals surface area contributed by atoms with Crippen molar-refractivity contribution in [2.24, 2.45) is 0 Å². The van der Waals surface area contributed by atoms with E-state index in [9.17, 15) is 5.11 Å². The lowest BCUT2D eigenvalue weighted by Crippen LogP contribution is -2.46. The molecule has 2 aliphatic heterocycles. The van der Waals surface area contributed by atoms with Crippen LogP contribution in [0.5, 0.6) is 0 Å². The Kier molecular flexibility index (Phi) is 5.36. The first-order chi connectivity index (χ1) is 9.84. The molecule has 0 radical (unpaired) electrons. The van der Waals surface area contributed by atoms with E-state index >= 15 is 0 Å². The van der Waals surface area contributed by atoms with Gasteiger partial charge in [0.15, 0.2) is 0 Å². The Bertz CT molecular complexity index is 291. The number of hydrogen-bond donors (Lipinski definition) is 1. The quantitative estimate of drug-likeness (QED) is 0.842. The van der Waals surface area contributed by atoms with Crippen LogP contribution < -0.4 is 0 Å². The fourth-order valence-corrected chi connectivity index (χ4v) is 4.52. The Balaban J connectivity index is 1.54. The predicted octanol–water partition coefficient (Wildman–Crippen LogP) is 2.63. The SMILES string of the molecule is OC1CCCCCCC1N1CCC(N2CCCCC2)C1. The summed E-state index contributed by atoms with van der Waals surface area (Å²) >= 11 is 0. The Morgan fingerprint density at radius 1 is 0.650 bits per heavy atom. The minimum atomic E-state index is -0.0737. The Morgan fingerprint density at radius 3 is 2.15 bits per heavy atom. The summed E-state index contributed by atoms with van der Waals surface area (Å²) in [5.41, 5.74) is 0. The van der Waals surface area contributed by atoms with Gasteiger partial charge in [0, 0.05) is 25.2 Å². The van der Waals surface area contributed by atoms with Crippen LogP contribution in [-0.4, -0.2) is 59.3 Å². The normalized spacial score (nSPS) is 38.5. The number of aliphatic hydroxyl groups excluding tert-OH is 1. The molecule has 20 heavy (non-hydrogen) atoms. The highest BCUT2D eigenvalue weighted by Gasteiger charge is 2.34. The maximum atomic E-state index is 10.5. The third kappa shape index (κ3) is 3.55. The highest BCUT2D eigenvalue weighted by Crippen LogP contribution is 2.27. The van der Waals surface area contributed by atoms with Crippen LogP contribution in [0.4, 0.5) is 0 Å². The van der Waals surface area contributed by atoms with Crippen LogP contribution in [0.3, 0.4) is 0 Å². The molecule has 2 heterocycles. The van der Waals surface area contributed by atoms with Gasteiger partial charge in [-0.25, -0.2) is 0 Å². The van der Waals surface area contributed by atoms with Gasteiger partial charge in [-0.2, -0.15) is 0 Å². The zero-order chi connectivity index (χ0) is 13.8. The van der Waals surface area contributed by atoms with Crippen molar-refractivity contribution >= 4 is 0 Å². The maximum absolute atomic E-state index is 10.5. The first-order valence-corrected chi connectivity index (χ1v) is 9.01. The van der Waals surface area contributed by atoms with Gasteiger partial charge in [0.1, 0.15) is 0 Å². The third-order valence-electron chi connectivity index (χ3n) is 5.76. The van der Waals surface area contributed by atoms with Crippen molar-refractivity contribution in [3.8, 4) is 0 Å². The van der Waals surface area contributed by atoms with E-state index in [1.165, 1.54) is 84.0 Å². The predicted molar refractivity (Wildman–Crippen MR) is 82.9 cm³/mol. The minimum absolute atomic E-state index is 0.0737. The third-order valence-corrected chi connectivity index (χ3v) is 5.76. The zero-order valence-corrected chi connectivity index (χ0v) is 13.0. The highest BCUT2D eigenvalue weighted by molar-refractivity contribution is 4.90. The molecule has 3 heteroatoms. The summed E-state index contributed by atoms with van der Waals surface area (Å²) in [7, 11) is 0. The maximum Gasteiger partial charge on any atom is 0.0695 e. The standard InChI is InChI=1S/C17H32N2O/c20-17-9-5-2-1-4-8-16(17)19-13-10-15(14-19)18-11-6-3-7-12-18/h15-17,20H,1-14H2. The van der Waals surface area contributed by atoms with E-state index < -0.39 is 0 Å². The summed E-state index contributed by atoms with van der Waals surface area (Å²) in [6.07, 6.45) is 12.9. The monoisotopic (exact) mass is 280 g/mol. The lowest BCUT2D eigenvalue weighted by Gasteiger charge is -2.35. The average Bonchev–Trinajstić information content (AvgIpc) is 2.94. The number of hydrogen-bond acceptors (Lipinski definition) is 3. The second-order valence-corrected chi connectivity index (χ2v) is 7.16. The molecule has 3 rings (SSSR count). The number of nitrogens with zero attached hydrogens (tertiary/aromatic N) is 2. The van der Waals surface area contributed by atoms with E-state index in [-0.39, 0.29) is 6.10 Å². The van der Waals surface area contributed by atoms with Crippen LogP contribution in [0.15, 0.2) is 0 Å². The van der Waals surface area contributed by atoms with Crippen molar-refractivity contribution < 1.29 is 5.11 Å². The summed E-state index contributed by atoms with van der Waals surface area (Å²) in [5, 5.41) is 10.5. The average molecular weight is 280 g/mol. The van der Waals surface area contributed by atoms with Crippen molar-refractivity contribution in [3.05, 3.63) is 0 Å². The second-order valence-electron chi connectivity index (χ2n) is 7.16. The van der Waals surface area contributed by atoms with E-state index in [0.717, 1.165) is 12.5 Å².